The third-order valence-corrected chi connectivity index (χ3v) is 5.32. The highest BCUT2D eigenvalue weighted by atomic mass is 79.9. The molecule has 2 aromatic carbocycles. The Morgan fingerprint density at radius 3 is 2.63 bits per heavy atom. The van der Waals surface area contributed by atoms with Crippen LogP contribution < -0.4 is 14.8 Å². The predicted molar refractivity (Wildman–Crippen MR) is 112 cm³/mol. The van der Waals surface area contributed by atoms with Gasteiger partial charge in [0, 0.05) is 0 Å². The first kappa shape index (κ1) is 19.9. The van der Waals surface area contributed by atoms with Crippen molar-refractivity contribution in [2.45, 2.75) is 13.5 Å². The van der Waals surface area contributed by atoms with Gasteiger partial charge in [0.25, 0.3) is 5.91 Å². The molecule has 0 aliphatic carbocycles. The molecule has 0 saturated carbocycles. The summed E-state index contributed by atoms with van der Waals surface area (Å²) in [6.45, 7) is 2.60. The molecule has 1 aliphatic rings. The van der Waals surface area contributed by atoms with E-state index >= 15 is 0 Å². The zero-order valence-corrected chi connectivity index (χ0v) is 17.5. The van der Waals surface area contributed by atoms with Crippen LogP contribution in [-0.2, 0) is 11.4 Å². The molecule has 0 aromatic heterocycles. The zero-order chi connectivity index (χ0) is 19.4. The number of halogens is 2. The largest absolute Gasteiger partial charge is 0.490 e. The minimum Gasteiger partial charge on any atom is -0.490 e. The summed E-state index contributed by atoms with van der Waals surface area (Å²) in [6.07, 6.45) is 1.75. The molecule has 8 heteroatoms. The number of hydrogen-bond acceptors (Lipinski definition) is 5. The molecule has 1 aliphatic heterocycles. The summed E-state index contributed by atoms with van der Waals surface area (Å²) in [5, 5.41) is 2.59. The smallest absolute Gasteiger partial charge is 0.263 e. The van der Waals surface area contributed by atoms with Gasteiger partial charge >= 0.3 is 0 Å². The molecule has 140 valence electrons. The average Bonchev–Trinajstić information content (AvgIpc) is 2.93. The van der Waals surface area contributed by atoms with Gasteiger partial charge in [-0.2, -0.15) is 0 Å². The van der Waals surface area contributed by atoms with Crippen molar-refractivity contribution in [3.8, 4) is 11.5 Å². The fourth-order valence-electron chi connectivity index (χ4n) is 2.38. The molecule has 1 fully saturated rings. The van der Waals surface area contributed by atoms with Gasteiger partial charge in [0.1, 0.15) is 16.7 Å². The monoisotopic (exact) mass is 467 g/mol. The van der Waals surface area contributed by atoms with Gasteiger partial charge in [-0.3, -0.25) is 4.79 Å². The molecule has 0 bridgehead atoms. The number of hydrogen-bond donors (Lipinski definition) is 1. The summed E-state index contributed by atoms with van der Waals surface area (Å²) in [4.78, 5) is 12.4. The topological polar surface area (TPSA) is 47.6 Å². The van der Waals surface area contributed by atoms with Crippen LogP contribution in [0.5, 0.6) is 11.5 Å². The summed E-state index contributed by atoms with van der Waals surface area (Å²) in [6, 6.07) is 9.76. The first-order chi connectivity index (χ1) is 13.0. The lowest BCUT2D eigenvalue weighted by Crippen LogP contribution is -2.17. The fraction of sp³-hybridized carbons (Fsp3) is 0.158. The van der Waals surface area contributed by atoms with Gasteiger partial charge in [-0.1, -0.05) is 36.1 Å². The van der Waals surface area contributed by atoms with E-state index in [2.05, 4.69) is 21.2 Å². The maximum Gasteiger partial charge on any atom is 0.263 e. The van der Waals surface area contributed by atoms with Crippen molar-refractivity contribution in [3.05, 3.63) is 62.7 Å². The van der Waals surface area contributed by atoms with E-state index in [-0.39, 0.29) is 18.3 Å². The zero-order valence-electron chi connectivity index (χ0n) is 14.3. The number of nitrogens with one attached hydrogen (secondary N) is 1. The van der Waals surface area contributed by atoms with E-state index in [1.54, 1.807) is 24.3 Å². The second-order valence-corrected chi connectivity index (χ2v) is 8.10. The summed E-state index contributed by atoms with van der Waals surface area (Å²) >= 11 is 9.73. The molecule has 0 unspecified atom stereocenters. The molecule has 1 heterocycles. The maximum atomic E-state index is 13.0. The van der Waals surface area contributed by atoms with Crippen LogP contribution >= 0.6 is 39.9 Å². The Morgan fingerprint density at radius 1 is 1.26 bits per heavy atom. The number of ether oxygens (including phenoxy) is 2. The maximum absolute atomic E-state index is 13.0. The van der Waals surface area contributed by atoms with Gasteiger partial charge in [-0.15, -0.1) is 0 Å². The lowest BCUT2D eigenvalue weighted by molar-refractivity contribution is -0.115. The van der Waals surface area contributed by atoms with E-state index in [4.69, 9.17) is 21.7 Å². The molecule has 4 nitrogen and oxygen atoms in total. The highest BCUT2D eigenvalue weighted by Crippen LogP contribution is 2.39. The second-order valence-electron chi connectivity index (χ2n) is 5.53. The van der Waals surface area contributed by atoms with E-state index < -0.39 is 0 Å². The number of rotatable bonds is 6. The first-order valence-corrected chi connectivity index (χ1v) is 10.1. The number of amides is 1. The van der Waals surface area contributed by atoms with Crippen molar-refractivity contribution >= 4 is 56.2 Å². The Balaban J connectivity index is 1.85. The molecule has 0 spiro atoms. The van der Waals surface area contributed by atoms with Crippen LogP contribution in [0.25, 0.3) is 6.08 Å². The molecule has 2 aromatic rings. The molecule has 1 saturated heterocycles. The molecule has 0 radical (unpaired) electrons. The first-order valence-electron chi connectivity index (χ1n) is 8.04. The van der Waals surface area contributed by atoms with Crippen LogP contribution in [0.3, 0.4) is 0 Å². The second kappa shape index (κ2) is 8.86. The van der Waals surface area contributed by atoms with Gasteiger partial charge in [0.2, 0.25) is 0 Å². The van der Waals surface area contributed by atoms with Crippen molar-refractivity contribution in [1.82, 2.24) is 5.32 Å². The Hall–Kier alpha value is -1.90. The van der Waals surface area contributed by atoms with Crippen LogP contribution in [0, 0.1) is 5.82 Å². The van der Waals surface area contributed by atoms with E-state index in [1.807, 2.05) is 13.0 Å². The van der Waals surface area contributed by atoms with Crippen LogP contribution in [0.4, 0.5) is 4.39 Å². The van der Waals surface area contributed by atoms with Crippen LogP contribution in [0.2, 0.25) is 0 Å². The highest BCUT2D eigenvalue weighted by Gasteiger charge is 2.22. The van der Waals surface area contributed by atoms with E-state index in [0.29, 0.717) is 31.8 Å². The molecule has 3 rings (SSSR count). The summed E-state index contributed by atoms with van der Waals surface area (Å²) in [7, 11) is 0. The van der Waals surface area contributed by atoms with E-state index in [0.717, 1.165) is 11.1 Å². The lowest BCUT2D eigenvalue weighted by Gasteiger charge is -2.15. The van der Waals surface area contributed by atoms with Gasteiger partial charge in [-0.05, 0) is 64.3 Å². The predicted octanol–water partition coefficient (Wildman–Crippen LogP) is 5.05. The van der Waals surface area contributed by atoms with Crippen molar-refractivity contribution in [1.29, 1.82) is 0 Å². The van der Waals surface area contributed by atoms with Crippen LogP contribution in [-0.4, -0.2) is 16.8 Å². The summed E-state index contributed by atoms with van der Waals surface area (Å²) in [5.41, 5.74) is 1.62. The van der Waals surface area contributed by atoms with Crippen molar-refractivity contribution in [2.75, 3.05) is 6.61 Å². The van der Waals surface area contributed by atoms with Gasteiger partial charge in [0.05, 0.1) is 16.0 Å². The SMILES string of the molecule is CCOc1cc(/C=C2\SC(=S)NC2=O)cc(Br)c1OCc1ccc(F)cc1. The van der Waals surface area contributed by atoms with Crippen molar-refractivity contribution < 1.29 is 18.7 Å². The molecular formula is C19H15BrFNO3S2. The third kappa shape index (κ3) is 5.09. The average molecular weight is 468 g/mol. The van der Waals surface area contributed by atoms with E-state index in [1.165, 1.54) is 23.9 Å². The van der Waals surface area contributed by atoms with Crippen molar-refractivity contribution in [3.63, 3.8) is 0 Å². The summed E-state index contributed by atoms with van der Waals surface area (Å²) in [5.74, 6) is 0.588. The number of thioether (sulfide) groups is 1. The van der Waals surface area contributed by atoms with Crippen LogP contribution in [0.1, 0.15) is 18.1 Å². The quantitative estimate of drug-likeness (QED) is 0.475. The van der Waals surface area contributed by atoms with Gasteiger partial charge < -0.3 is 14.8 Å². The number of carbonyl (C=O) groups excluding carboxylic acids is 1. The van der Waals surface area contributed by atoms with Crippen molar-refractivity contribution in [2.24, 2.45) is 0 Å². The Kier molecular flexibility index (Phi) is 6.51. The minimum atomic E-state index is -0.291. The summed E-state index contributed by atoms with van der Waals surface area (Å²) < 4.78 is 25.7. The minimum absolute atomic E-state index is 0.212. The number of benzene rings is 2. The number of carbonyl (C=O) groups is 1. The fourth-order valence-corrected chi connectivity index (χ4v) is 4.00. The van der Waals surface area contributed by atoms with Gasteiger partial charge in [0.15, 0.2) is 11.5 Å². The Morgan fingerprint density at radius 2 is 2.00 bits per heavy atom. The molecule has 0 atom stereocenters. The molecule has 27 heavy (non-hydrogen) atoms. The molecule has 1 N–H and O–H groups in total. The third-order valence-electron chi connectivity index (χ3n) is 3.57. The van der Waals surface area contributed by atoms with Crippen LogP contribution in [0.15, 0.2) is 45.8 Å². The normalized spacial score (nSPS) is 15.1. The number of thiocarbonyl (C=S) groups is 1. The Bertz CT molecular complexity index is 916. The van der Waals surface area contributed by atoms with E-state index in [9.17, 15) is 9.18 Å². The molecular weight excluding hydrogens is 453 g/mol. The Labute approximate surface area is 174 Å². The van der Waals surface area contributed by atoms with Gasteiger partial charge in [-0.25, -0.2) is 4.39 Å². The molecule has 1 amide bonds. The highest BCUT2D eigenvalue weighted by molar-refractivity contribution is 9.10. The lowest BCUT2D eigenvalue weighted by atomic mass is 10.1. The standard InChI is InChI=1S/C19H15BrFNO3S2/c1-2-24-15-8-12(9-16-18(23)22-19(26)27-16)7-14(20)17(15)25-10-11-3-5-13(21)6-4-11/h3-9H,2,10H2,1H3,(H,22,23,26)/b16-9-.